The van der Waals surface area contributed by atoms with Gasteiger partial charge in [0, 0.05) is 0 Å². The molecule has 126 valence electrons. The van der Waals surface area contributed by atoms with Gasteiger partial charge in [0.1, 0.15) is 5.75 Å². The Morgan fingerprint density at radius 2 is 1.91 bits per heavy atom. The van der Waals surface area contributed by atoms with Crippen LogP contribution in [0.4, 0.5) is 0 Å². The van der Waals surface area contributed by atoms with Gasteiger partial charge in [-0.2, -0.15) is 0 Å². The van der Waals surface area contributed by atoms with Crippen molar-refractivity contribution in [3.8, 4) is 5.75 Å². The van der Waals surface area contributed by atoms with Gasteiger partial charge >= 0.3 is 5.97 Å². The molecule has 1 aromatic rings. The molecular weight excluding hydrogens is 294 g/mol. The predicted octanol–water partition coefficient (Wildman–Crippen LogP) is 2.88. The Labute approximate surface area is 137 Å². The first-order chi connectivity index (χ1) is 10.7. The molecule has 23 heavy (non-hydrogen) atoms. The van der Waals surface area contributed by atoms with Crippen LogP contribution in [0.5, 0.6) is 5.75 Å². The first kappa shape index (κ1) is 17.3. The molecular formula is C18H25NO4. The zero-order valence-corrected chi connectivity index (χ0v) is 14.0. The number of para-hydroxylation sites is 1. The summed E-state index contributed by atoms with van der Waals surface area (Å²) in [5.74, 6) is -0.463. The number of carbonyl (C=O) groups excluding carboxylic acids is 1. The van der Waals surface area contributed by atoms with Gasteiger partial charge in [-0.15, -0.1) is 0 Å². The highest BCUT2D eigenvalue weighted by atomic mass is 16.5. The molecule has 0 heterocycles. The molecule has 0 bridgehead atoms. The highest BCUT2D eigenvalue weighted by Crippen LogP contribution is 2.35. The monoisotopic (exact) mass is 319 g/mol. The van der Waals surface area contributed by atoms with E-state index in [1.807, 2.05) is 24.3 Å². The molecule has 0 aliphatic heterocycles. The Bertz CT molecular complexity index is 585. The number of rotatable bonds is 6. The van der Waals surface area contributed by atoms with Gasteiger partial charge in [0.05, 0.1) is 12.0 Å². The second-order valence-corrected chi connectivity index (χ2v) is 7.29. The van der Waals surface area contributed by atoms with Crippen molar-refractivity contribution >= 4 is 11.9 Å². The maximum Gasteiger partial charge on any atom is 0.305 e. The fraction of sp³-hybridized carbons (Fsp3) is 0.556. The third-order valence-corrected chi connectivity index (χ3v) is 4.26. The lowest BCUT2D eigenvalue weighted by Crippen LogP contribution is -2.55. The summed E-state index contributed by atoms with van der Waals surface area (Å²) >= 11 is 0. The van der Waals surface area contributed by atoms with E-state index in [4.69, 9.17) is 9.84 Å². The molecule has 0 spiro atoms. The lowest BCUT2D eigenvalue weighted by molar-refractivity contribution is -0.140. The number of hydrogen-bond donors (Lipinski definition) is 2. The Kier molecular flexibility index (Phi) is 4.97. The lowest BCUT2D eigenvalue weighted by atomic mass is 9.74. The maximum absolute atomic E-state index is 12.1. The zero-order valence-electron chi connectivity index (χ0n) is 14.0. The van der Waals surface area contributed by atoms with Gasteiger partial charge in [-0.05, 0) is 36.3 Å². The van der Waals surface area contributed by atoms with Crippen LogP contribution < -0.4 is 10.1 Å². The smallest absolute Gasteiger partial charge is 0.305 e. The molecule has 0 radical (unpaired) electrons. The second kappa shape index (κ2) is 6.60. The van der Waals surface area contributed by atoms with Crippen LogP contribution in [0.1, 0.15) is 52.0 Å². The van der Waals surface area contributed by atoms with E-state index >= 15 is 0 Å². The van der Waals surface area contributed by atoms with Crippen molar-refractivity contribution in [1.82, 2.24) is 5.32 Å². The van der Waals surface area contributed by atoms with E-state index in [-0.39, 0.29) is 24.3 Å². The van der Waals surface area contributed by atoms with Gasteiger partial charge in [0.25, 0.3) is 5.91 Å². The number of nitrogens with one attached hydrogen (secondary N) is 1. The van der Waals surface area contributed by atoms with Crippen molar-refractivity contribution in [3.05, 3.63) is 29.8 Å². The molecule has 1 aliphatic rings. The SMILES string of the molecule is CC(C)(C)c1ccccc1OCC(=O)NC1(CC(=O)O)CCC1. The quantitative estimate of drug-likeness (QED) is 0.845. The Morgan fingerprint density at radius 3 is 2.43 bits per heavy atom. The number of carboxylic acid groups (broad SMARTS) is 1. The third kappa shape index (κ3) is 4.47. The number of aliphatic carboxylic acids is 1. The summed E-state index contributed by atoms with van der Waals surface area (Å²) in [6.07, 6.45) is 2.34. The second-order valence-electron chi connectivity index (χ2n) is 7.29. The minimum atomic E-state index is -0.885. The lowest BCUT2D eigenvalue weighted by Gasteiger charge is -2.41. The molecule has 0 atom stereocenters. The van der Waals surface area contributed by atoms with E-state index in [9.17, 15) is 9.59 Å². The van der Waals surface area contributed by atoms with E-state index in [0.717, 1.165) is 12.0 Å². The summed E-state index contributed by atoms with van der Waals surface area (Å²) < 4.78 is 5.69. The maximum atomic E-state index is 12.1. The number of carbonyl (C=O) groups is 2. The molecule has 2 rings (SSSR count). The fourth-order valence-electron chi connectivity index (χ4n) is 2.93. The largest absolute Gasteiger partial charge is 0.483 e. The highest BCUT2D eigenvalue weighted by molar-refractivity contribution is 5.80. The summed E-state index contributed by atoms with van der Waals surface area (Å²) in [5.41, 5.74) is 0.373. The van der Waals surface area contributed by atoms with E-state index in [0.29, 0.717) is 18.6 Å². The van der Waals surface area contributed by atoms with E-state index in [1.165, 1.54) is 0 Å². The average molecular weight is 319 g/mol. The van der Waals surface area contributed by atoms with Crippen molar-refractivity contribution in [2.24, 2.45) is 0 Å². The fourth-order valence-corrected chi connectivity index (χ4v) is 2.93. The van der Waals surface area contributed by atoms with Crippen LogP contribution in [-0.2, 0) is 15.0 Å². The van der Waals surface area contributed by atoms with Crippen LogP contribution in [-0.4, -0.2) is 29.1 Å². The minimum absolute atomic E-state index is 0.0304. The summed E-state index contributed by atoms with van der Waals surface area (Å²) in [5, 5.41) is 11.8. The molecule has 1 amide bonds. The van der Waals surface area contributed by atoms with Gasteiger partial charge in [-0.3, -0.25) is 9.59 Å². The third-order valence-electron chi connectivity index (χ3n) is 4.26. The summed E-state index contributed by atoms with van der Waals surface area (Å²) in [4.78, 5) is 23.1. The molecule has 1 fully saturated rings. The average Bonchev–Trinajstić information content (AvgIpc) is 2.41. The molecule has 1 saturated carbocycles. The van der Waals surface area contributed by atoms with E-state index in [1.54, 1.807) is 0 Å². The van der Waals surface area contributed by atoms with Crippen molar-refractivity contribution in [1.29, 1.82) is 0 Å². The standard InChI is InChI=1S/C18H25NO4/c1-17(2,3)13-7-4-5-8-14(13)23-12-15(20)19-18(9-6-10-18)11-16(21)22/h4-5,7-8H,6,9-12H2,1-3H3,(H,19,20)(H,21,22). The number of carboxylic acids is 1. The van der Waals surface area contributed by atoms with Crippen LogP contribution >= 0.6 is 0 Å². The van der Waals surface area contributed by atoms with Gasteiger partial charge in [0.15, 0.2) is 6.61 Å². The first-order valence-corrected chi connectivity index (χ1v) is 7.97. The summed E-state index contributed by atoms with van der Waals surface area (Å²) in [6.45, 7) is 6.16. The summed E-state index contributed by atoms with van der Waals surface area (Å²) in [6, 6.07) is 7.67. The minimum Gasteiger partial charge on any atom is -0.483 e. The zero-order chi connectivity index (χ0) is 17.1. The number of hydrogen-bond acceptors (Lipinski definition) is 3. The Hall–Kier alpha value is -2.04. The van der Waals surface area contributed by atoms with Crippen molar-refractivity contribution in [3.63, 3.8) is 0 Å². The number of amides is 1. The molecule has 5 nitrogen and oxygen atoms in total. The predicted molar refractivity (Wildman–Crippen MR) is 87.6 cm³/mol. The first-order valence-electron chi connectivity index (χ1n) is 7.97. The van der Waals surface area contributed by atoms with Crippen LogP contribution in [0, 0.1) is 0 Å². The van der Waals surface area contributed by atoms with E-state index in [2.05, 4.69) is 26.1 Å². The molecule has 0 aromatic heterocycles. The van der Waals surface area contributed by atoms with Crippen molar-refractivity contribution in [2.75, 3.05) is 6.61 Å². The van der Waals surface area contributed by atoms with Crippen molar-refractivity contribution < 1.29 is 19.4 Å². The summed E-state index contributed by atoms with van der Waals surface area (Å²) in [7, 11) is 0. The van der Waals surface area contributed by atoms with Crippen LogP contribution in [0.2, 0.25) is 0 Å². The van der Waals surface area contributed by atoms with Gasteiger partial charge in [-0.1, -0.05) is 39.0 Å². The highest BCUT2D eigenvalue weighted by Gasteiger charge is 2.40. The Morgan fingerprint density at radius 1 is 1.26 bits per heavy atom. The van der Waals surface area contributed by atoms with Gasteiger partial charge in [-0.25, -0.2) is 0 Å². The van der Waals surface area contributed by atoms with Crippen LogP contribution in [0.15, 0.2) is 24.3 Å². The van der Waals surface area contributed by atoms with Crippen molar-refractivity contribution in [2.45, 2.75) is 57.4 Å². The Balaban J connectivity index is 1.96. The molecule has 5 heteroatoms. The molecule has 2 N–H and O–H groups in total. The molecule has 1 aliphatic carbocycles. The topological polar surface area (TPSA) is 75.6 Å². The molecule has 1 aromatic carbocycles. The molecule has 0 unspecified atom stereocenters. The molecule has 0 saturated heterocycles. The van der Waals surface area contributed by atoms with Crippen LogP contribution in [0.25, 0.3) is 0 Å². The number of ether oxygens (including phenoxy) is 1. The van der Waals surface area contributed by atoms with Gasteiger partial charge < -0.3 is 15.2 Å². The normalized spacial score (nSPS) is 16.3. The number of benzene rings is 1. The van der Waals surface area contributed by atoms with E-state index < -0.39 is 11.5 Å². The van der Waals surface area contributed by atoms with Crippen LogP contribution in [0.3, 0.4) is 0 Å². The van der Waals surface area contributed by atoms with Gasteiger partial charge in [0.2, 0.25) is 0 Å².